The molecule has 1 aromatic heterocycles. The van der Waals surface area contributed by atoms with Gasteiger partial charge in [-0.25, -0.2) is 9.97 Å². The highest BCUT2D eigenvalue weighted by Crippen LogP contribution is 2.16. The Labute approximate surface area is 102 Å². The monoisotopic (exact) mass is 247 g/mol. The van der Waals surface area contributed by atoms with Crippen LogP contribution in [-0.4, -0.2) is 21.8 Å². The first-order valence-electron chi connectivity index (χ1n) is 4.89. The van der Waals surface area contributed by atoms with Gasteiger partial charge in [0.2, 0.25) is 0 Å². The van der Waals surface area contributed by atoms with E-state index in [1.54, 1.807) is 24.2 Å². The molecule has 0 radical (unpaired) electrons. The summed E-state index contributed by atoms with van der Waals surface area (Å²) in [7, 11) is 0. The van der Waals surface area contributed by atoms with Gasteiger partial charge in [0, 0.05) is 24.2 Å². The van der Waals surface area contributed by atoms with Gasteiger partial charge in [-0.05, 0) is 12.0 Å². The summed E-state index contributed by atoms with van der Waals surface area (Å²) < 4.78 is 0. The summed E-state index contributed by atoms with van der Waals surface area (Å²) in [5.74, 6) is 1.45. The van der Waals surface area contributed by atoms with Gasteiger partial charge >= 0.3 is 0 Å². The fraction of sp³-hybridized carbons (Fsp3) is 0.600. The highest BCUT2D eigenvalue weighted by atomic mass is 35.5. The molecule has 0 fully saturated rings. The first-order chi connectivity index (χ1) is 6.74. The minimum absolute atomic E-state index is 0. The van der Waals surface area contributed by atoms with E-state index in [0.717, 1.165) is 17.3 Å². The van der Waals surface area contributed by atoms with Crippen molar-refractivity contribution in [3.05, 3.63) is 18.5 Å². The van der Waals surface area contributed by atoms with Crippen LogP contribution in [0.1, 0.15) is 20.3 Å². The predicted molar refractivity (Wildman–Crippen MR) is 67.4 cm³/mol. The lowest BCUT2D eigenvalue weighted by Gasteiger charge is -2.16. The van der Waals surface area contributed by atoms with Crippen molar-refractivity contribution in [3.63, 3.8) is 0 Å². The van der Waals surface area contributed by atoms with E-state index in [4.69, 9.17) is 5.73 Å². The molecule has 0 saturated heterocycles. The maximum absolute atomic E-state index is 6.00. The SMILES string of the molecule is CCC(C)C(N)CSc1ncccn1.Cl. The summed E-state index contributed by atoms with van der Waals surface area (Å²) in [5, 5.41) is 0.811. The molecule has 2 atom stereocenters. The van der Waals surface area contributed by atoms with Crippen LogP contribution in [0.2, 0.25) is 0 Å². The van der Waals surface area contributed by atoms with Gasteiger partial charge in [0.1, 0.15) is 0 Å². The number of aromatic nitrogens is 2. The second-order valence-electron chi connectivity index (χ2n) is 3.39. The molecule has 1 heterocycles. The van der Waals surface area contributed by atoms with Crippen molar-refractivity contribution in [3.8, 4) is 0 Å². The summed E-state index contributed by atoms with van der Waals surface area (Å²) in [6, 6.07) is 2.05. The van der Waals surface area contributed by atoms with Gasteiger partial charge in [-0.1, -0.05) is 32.0 Å². The number of halogens is 1. The van der Waals surface area contributed by atoms with E-state index < -0.39 is 0 Å². The number of rotatable bonds is 5. The standard InChI is InChI=1S/C10H17N3S.ClH/c1-3-8(2)9(11)7-14-10-12-5-4-6-13-10;/h4-6,8-9H,3,7,11H2,1-2H3;1H. The molecule has 3 nitrogen and oxygen atoms in total. The Hall–Kier alpha value is -0.320. The highest BCUT2D eigenvalue weighted by Gasteiger charge is 2.11. The molecule has 0 aliphatic heterocycles. The first-order valence-corrected chi connectivity index (χ1v) is 5.88. The number of thioether (sulfide) groups is 1. The molecule has 0 aromatic carbocycles. The average molecular weight is 248 g/mol. The fourth-order valence-electron chi connectivity index (χ4n) is 0.998. The maximum Gasteiger partial charge on any atom is 0.187 e. The Morgan fingerprint density at radius 3 is 2.53 bits per heavy atom. The van der Waals surface area contributed by atoms with E-state index >= 15 is 0 Å². The molecule has 0 saturated carbocycles. The lowest BCUT2D eigenvalue weighted by Crippen LogP contribution is -2.30. The van der Waals surface area contributed by atoms with Crippen molar-refractivity contribution >= 4 is 24.2 Å². The lowest BCUT2D eigenvalue weighted by molar-refractivity contribution is 0.475. The van der Waals surface area contributed by atoms with Gasteiger partial charge in [0.05, 0.1) is 0 Å². The van der Waals surface area contributed by atoms with Crippen LogP contribution in [0.15, 0.2) is 23.6 Å². The summed E-state index contributed by atoms with van der Waals surface area (Å²) >= 11 is 1.62. The Bertz CT molecular complexity index is 258. The van der Waals surface area contributed by atoms with Crippen LogP contribution in [0.3, 0.4) is 0 Å². The molecule has 86 valence electrons. The minimum atomic E-state index is 0. The van der Waals surface area contributed by atoms with Crippen LogP contribution in [-0.2, 0) is 0 Å². The molecule has 1 rings (SSSR count). The molecule has 1 aromatic rings. The molecule has 5 heteroatoms. The highest BCUT2D eigenvalue weighted by molar-refractivity contribution is 7.99. The molecular weight excluding hydrogens is 230 g/mol. The average Bonchev–Trinajstić information content (AvgIpc) is 2.26. The van der Waals surface area contributed by atoms with Crippen molar-refractivity contribution in [2.24, 2.45) is 11.7 Å². The molecule has 0 amide bonds. The summed E-state index contributed by atoms with van der Waals surface area (Å²) in [5.41, 5.74) is 6.00. The summed E-state index contributed by atoms with van der Waals surface area (Å²) in [6.07, 6.45) is 4.63. The van der Waals surface area contributed by atoms with Crippen LogP contribution in [0, 0.1) is 5.92 Å². The van der Waals surface area contributed by atoms with Crippen LogP contribution in [0.5, 0.6) is 0 Å². The fourth-order valence-corrected chi connectivity index (χ4v) is 1.94. The van der Waals surface area contributed by atoms with E-state index in [-0.39, 0.29) is 18.4 Å². The maximum atomic E-state index is 6.00. The minimum Gasteiger partial charge on any atom is -0.327 e. The van der Waals surface area contributed by atoms with E-state index in [1.165, 1.54) is 0 Å². The zero-order valence-corrected chi connectivity index (χ0v) is 10.7. The van der Waals surface area contributed by atoms with Gasteiger partial charge in [-0.3, -0.25) is 0 Å². The van der Waals surface area contributed by atoms with Crippen LogP contribution >= 0.6 is 24.2 Å². The molecule has 0 aliphatic rings. The van der Waals surface area contributed by atoms with E-state index in [2.05, 4.69) is 23.8 Å². The third kappa shape index (κ3) is 5.35. The molecule has 0 aliphatic carbocycles. The zero-order chi connectivity index (χ0) is 10.4. The molecule has 2 unspecified atom stereocenters. The molecule has 2 N–H and O–H groups in total. The van der Waals surface area contributed by atoms with E-state index in [0.29, 0.717) is 5.92 Å². The second kappa shape index (κ2) is 7.91. The van der Waals surface area contributed by atoms with Gasteiger partial charge in [0.25, 0.3) is 0 Å². The largest absolute Gasteiger partial charge is 0.327 e. The Balaban J connectivity index is 0.00000196. The summed E-state index contributed by atoms with van der Waals surface area (Å²) in [6.45, 7) is 4.34. The topological polar surface area (TPSA) is 51.8 Å². The zero-order valence-electron chi connectivity index (χ0n) is 9.09. The van der Waals surface area contributed by atoms with Gasteiger partial charge in [0.15, 0.2) is 5.16 Å². The van der Waals surface area contributed by atoms with E-state index in [1.807, 2.05) is 6.07 Å². The van der Waals surface area contributed by atoms with Gasteiger partial charge in [-0.15, -0.1) is 12.4 Å². The second-order valence-corrected chi connectivity index (χ2v) is 4.38. The van der Waals surface area contributed by atoms with Crippen molar-refractivity contribution < 1.29 is 0 Å². The molecule has 15 heavy (non-hydrogen) atoms. The van der Waals surface area contributed by atoms with Crippen molar-refractivity contribution in [2.75, 3.05) is 5.75 Å². The molecule has 0 spiro atoms. The van der Waals surface area contributed by atoms with Crippen LogP contribution in [0.4, 0.5) is 0 Å². The number of hydrogen-bond donors (Lipinski definition) is 1. The first kappa shape index (κ1) is 14.7. The van der Waals surface area contributed by atoms with Gasteiger partial charge < -0.3 is 5.73 Å². The van der Waals surface area contributed by atoms with Crippen molar-refractivity contribution in [1.82, 2.24) is 9.97 Å². The normalized spacial score (nSPS) is 14.1. The molecular formula is C10H18ClN3S. The van der Waals surface area contributed by atoms with Gasteiger partial charge in [-0.2, -0.15) is 0 Å². The predicted octanol–water partition coefficient (Wildman–Crippen LogP) is 2.36. The third-order valence-corrected chi connectivity index (χ3v) is 3.34. The number of nitrogens with zero attached hydrogens (tertiary/aromatic N) is 2. The smallest absolute Gasteiger partial charge is 0.187 e. The molecule has 0 bridgehead atoms. The van der Waals surface area contributed by atoms with Crippen molar-refractivity contribution in [1.29, 1.82) is 0 Å². The Kier molecular flexibility index (Phi) is 7.74. The third-order valence-electron chi connectivity index (χ3n) is 2.32. The number of nitrogens with two attached hydrogens (primary N) is 1. The Morgan fingerprint density at radius 2 is 2.00 bits per heavy atom. The number of hydrogen-bond acceptors (Lipinski definition) is 4. The van der Waals surface area contributed by atoms with Crippen LogP contribution < -0.4 is 5.73 Å². The van der Waals surface area contributed by atoms with Crippen LogP contribution in [0.25, 0.3) is 0 Å². The Morgan fingerprint density at radius 1 is 1.40 bits per heavy atom. The van der Waals surface area contributed by atoms with Crippen molar-refractivity contribution in [2.45, 2.75) is 31.5 Å². The quantitative estimate of drug-likeness (QED) is 0.641. The van der Waals surface area contributed by atoms with E-state index in [9.17, 15) is 0 Å². The summed E-state index contributed by atoms with van der Waals surface area (Å²) in [4.78, 5) is 8.26. The lowest BCUT2D eigenvalue weighted by atomic mass is 10.0.